The van der Waals surface area contributed by atoms with E-state index in [0.717, 1.165) is 66.6 Å². The highest BCUT2D eigenvalue weighted by Crippen LogP contribution is 2.64. The molecular weight excluding hydrogens is 813 g/mol. The minimum Gasteiger partial charge on any atom is -0.480 e. The van der Waals surface area contributed by atoms with Gasteiger partial charge in [0.25, 0.3) is 0 Å². The first-order valence-electron chi connectivity index (χ1n) is 25.1. The van der Waals surface area contributed by atoms with Crippen LogP contribution in [0.15, 0.2) is 11.6 Å². The van der Waals surface area contributed by atoms with Gasteiger partial charge in [-0.15, -0.1) is 0 Å². The maximum atomic E-state index is 12.9. The first-order chi connectivity index (χ1) is 30.1. The number of allylic oxidation sites excluding steroid dienone is 1. The lowest BCUT2D eigenvalue weighted by molar-refractivity contribution is -0.141. The topological polar surface area (TPSA) is 181 Å². The third-order valence-corrected chi connectivity index (χ3v) is 16.1. The van der Waals surface area contributed by atoms with Crippen molar-refractivity contribution < 1.29 is 43.3 Å². The van der Waals surface area contributed by atoms with Crippen molar-refractivity contribution in [2.75, 3.05) is 26.3 Å². The molecule has 13 nitrogen and oxygen atoms in total. The molecule has 0 bridgehead atoms. The number of ether oxygens (including phenoxy) is 3. The molecule has 5 N–H and O–H groups in total. The predicted octanol–water partition coefficient (Wildman–Crippen LogP) is 8.73. The molecule has 0 radical (unpaired) electrons. The monoisotopic (exact) mass is 901 g/mol. The zero-order valence-corrected chi connectivity index (χ0v) is 41.6. The van der Waals surface area contributed by atoms with Gasteiger partial charge in [-0.25, -0.2) is 4.79 Å². The molecule has 0 aromatic heterocycles. The van der Waals surface area contributed by atoms with E-state index in [9.17, 15) is 24.0 Å². The standard InChI is InChI=1S/C51H88N4O9/c1-12-36(32(3)4)15-14-33(5)39-18-19-41-40(39)20-21-43-42(41)17-16-37-30-38(22-26-51(37,43)13-2)64-48(61)53-28-27-52-44(56)23-25-49(8,9)63-31-50(10,11)62-29-24-45(57)54-34(6)46(58)55-35(7)47(59)60/h16,32-36,38-43H,12-15,17-31H2,1-11H3,(H,52,56)(H,53,61)(H,54,57)(H,55,58)(H,59,60)/t33-,34+,35+,36?,38+,39-,40?,41-,42+,43+,51+/m1/s1. The number of carbonyl (C=O) groups excluding carboxylic acids is 4. The molecule has 0 spiro atoms. The Hall–Kier alpha value is -3.19. The molecule has 366 valence electrons. The van der Waals surface area contributed by atoms with E-state index >= 15 is 0 Å². The Labute approximate surface area is 385 Å². The summed E-state index contributed by atoms with van der Waals surface area (Å²) in [6.45, 7) is 23.3. The third-order valence-electron chi connectivity index (χ3n) is 16.1. The van der Waals surface area contributed by atoms with Gasteiger partial charge in [-0.1, -0.05) is 59.1 Å². The van der Waals surface area contributed by atoms with Crippen LogP contribution in [0.2, 0.25) is 0 Å². The van der Waals surface area contributed by atoms with Crippen molar-refractivity contribution in [1.29, 1.82) is 0 Å². The summed E-state index contributed by atoms with van der Waals surface area (Å²) in [5.41, 5.74) is 0.445. The number of hydrogen-bond donors (Lipinski definition) is 5. The van der Waals surface area contributed by atoms with Crippen molar-refractivity contribution in [3.63, 3.8) is 0 Å². The van der Waals surface area contributed by atoms with Crippen LogP contribution in [0.25, 0.3) is 0 Å². The maximum absolute atomic E-state index is 12.9. The lowest BCUT2D eigenvalue weighted by Gasteiger charge is -2.57. The molecule has 4 aliphatic rings. The summed E-state index contributed by atoms with van der Waals surface area (Å²) in [6, 6.07) is -1.96. The van der Waals surface area contributed by atoms with E-state index in [2.05, 4.69) is 62.0 Å². The average molecular weight is 901 g/mol. The minimum atomic E-state index is -1.17. The second-order valence-electron chi connectivity index (χ2n) is 21.7. The molecule has 0 heterocycles. The molecule has 4 rings (SSSR count). The van der Waals surface area contributed by atoms with Crippen LogP contribution < -0.4 is 21.3 Å². The lowest BCUT2D eigenvalue weighted by Crippen LogP contribution is -2.49. The van der Waals surface area contributed by atoms with Crippen LogP contribution in [0.5, 0.6) is 0 Å². The molecule has 0 aromatic carbocycles. The highest BCUT2D eigenvalue weighted by Gasteiger charge is 2.56. The normalized spacial score (nSPS) is 27.4. The molecule has 4 amide bonds. The zero-order chi connectivity index (χ0) is 47.4. The number of carbonyl (C=O) groups is 5. The van der Waals surface area contributed by atoms with Gasteiger partial charge in [-0.3, -0.25) is 19.2 Å². The SMILES string of the molecule is CCC(CC[C@@H](C)[C@H]1CC[C@@H]2C1CC[C@H]1[C@H]2CC=C2C[C@@H](OC(=O)NCCNC(=O)CCC(C)(C)OCC(C)(C)OCCC(=O)N[C@@H](C)C(=O)N[C@@H](C)C(=O)O)CC[C@@]21CC)C(C)C. The Balaban J connectivity index is 1.11. The Bertz CT molecular complexity index is 1600. The third kappa shape index (κ3) is 14.9. The summed E-state index contributed by atoms with van der Waals surface area (Å²) >= 11 is 0. The number of rotatable bonds is 25. The average Bonchev–Trinajstić information content (AvgIpc) is 3.68. The molecule has 13 heteroatoms. The molecule has 0 saturated heterocycles. The van der Waals surface area contributed by atoms with Crippen molar-refractivity contribution in [2.45, 2.75) is 202 Å². The minimum absolute atomic E-state index is 0.00407. The van der Waals surface area contributed by atoms with Crippen LogP contribution in [0.1, 0.15) is 172 Å². The fourth-order valence-electron chi connectivity index (χ4n) is 12.0. The van der Waals surface area contributed by atoms with E-state index in [0.29, 0.717) is 13.0 Å². The first-order valence-corrected chi connectivity index (χ1v) is 25.1. The number of aliphatic carboxylic acids is 1. The van der Waals surface area contributed by atoms with E-state index in [4.69, 9.17) is 19.3 Å². The maximum Gasteiger partial charge on any atom is 0.407 e. The summed E-state index contributed by atoms with van der Waals surface area (Å²) in [6.07, 6.45) is 17.6. The number of alkyl carbamates (subject to hydrolysis) is 1. The first kappa shape index (κ1) is 53.4. The molecule has 3 saturated carbocycles. The van der Waals surface area contributed by atoms with Crippen LogP contribution in [-0.4, -0.2) is 90.6 Å². The smallest absolute Gasteiger partial charge is 0.407 e. The number of carboxylic acids is 1. The van der Waals surface area contributed by atoms with Crippen molar-refractivity contribution in [1.82, 2.24) is 21.3 Å². The molecule has 0 aliphatic heterocycles. The van der Waals surface area contributed by atoms with Crippen LogP contribution in [0.4, 0.5) is 4.79 Å². The predicted molar refractivity (Wildman–Crippen MR) is 250 cm³/mol. The quantitative estimate of drug-likeness (QED) is 0.0442. The van der Waals surface area contributed by atoms with E-state index in [-0.39, 0.29) is 50.0 Å². The van der Waals surface area contributed by atoms with Crippen LogP contribution in [0, 0.1) is 52.8 Å². The van der Waals surface area contributed by atoms with Crippen LogP contribution in [-0.2, 0) is 33.4 Å². The van der Waals surface area contributed by atoms with Crippen molar-refractivity contribution in [3.8, 4) is 0 Å². The molecule has 0 aromatic rings. The number of fused-ring (bicyclic) bond motifs is 5. The fraction of sp³-hybridized carbons (Fsp3) is 0.863. The number of amides is 4. The van der Waals surface area contributed by atoms with Gasteiger partial charge in [0.05, 0.1) is 30.8 Å². The van der Waals surface area contributed by atoms with Crippen LogP contribution >= 0.6 is 0 Å². The van der Waals surface area contributed by atoms with Gasteiger partial charge in [-0.05, 0) is 159 Å². The molecule has 3 fully saturated rings. The summed E-state index contributed by atoms with van der Waals surface area (Å²) in [7, 11) is 0. The van der Waals surface area contributed by atoms with Gasteiger partial charge in [0, 0.05) is 25.9 Å². The van der Waals surface area contributed by atoms with E-state index in [1.165, 1.54) is 71.6 Å². The summed E-state index contributed by atoms with van der Waals surface area (Å²) in [5.74, 6) is 4.40. The largest absolute Gasteiger partial charge is 0.480 e. The highest BCUT2D eigenvalue weighted by atomic mass is 16.6. The van der Waals surface area contributed by atoms with E-state index in [1.54, 1.807) is 5.57 Å². The summed E-state index contributed by atoms with van der Waals surface area (Å²) in [5, 5.41) is 19.6. The summed E-state index contributed by atoms with van der Waals surface area (Å²) in [4.78, 5) is 61.0. The molecular formula is C51H88N4O9. The van der Waals surface area contributed by atoms with Gasteiger partial charge in [0.1, 0.15) is 18.2 Å². The zero-order valence-electron chi connectivity index (χ0n) is 41.6. The van der Waals surface area contributed by atoms with Gasteiger partial charge in [-0.2, -0.15) is 0 Å². The van der Waals surface area contributed by atoms with Crippen LogP contribution in [0.3, 0.4) is 0 Å². The van der Waals surface area contributed by atoms with Gasteiger partial charge in [0.2, 0.25) is 17.7 Å². The Morgan fingerprint density at radius 2 is 1.50 bits per heavy atom. The van der Waals surface area contributed by atoms with E-state index in [1.807, 2.05) is 27.7 Å². The second-order valence-corrected chi connectivity index (χ2v) is 21.7. The Kier molecular flexibility index (Phi) is 20.0. The summed E-state index contributed by atoms with van der Waals surface area (Å²) < 4.78 is 18.0. The molecule has 4 aliphatic carbocycles. The highest BCUT2D eigenvalue weighted by molar-refractivity contribution is 5.90. The number of hydrogen-bond acceptors (Lipinski definition) is 8. The second kappa shape index (κ2) is 24.0. The van der Waals surface area contributed by atoms with E-state index < -0.39 is 47.2 Å². The number of nitrogens with one attached hydrogen (secondary N) is 4. The molecule has 2 unspecified atom stereocenters. The van der Waals surface area contributed by atoms with Crippen molar-refractivity contribution in [3.05, 3.63) is 11.6 Å². The Morgan fingerprint density at radius 1 is 0.797 bits per heavy atom. The molecule has 11 atom stereocenters. The molecule has 64 heavy (non-hydrogen) atoms. The Morgan fingerprint density at radius 3 is 2.17 bits per heavy atom. The van der Waals surface area contributed by atoms with Gasteiger partial charge < -0.3 is 40.6 Å². The van der Waals surface area contributed by atoms with Crippen molar-refractivity contribution in [2.24, 2.45) is 52.8 Å². The lowest BCUT2D eigenvalue weighted by atomic mass is 9.48. The fourth-order valence-corrected chi connectivity index (χ4v) is 12.0. The van der Waals surface area contributed by atoms with Gasteiger partial charge in [0.15, 0.2) is 0 Å². The number of carboxylic acid groups (broad SMARTS) is 1. The van der Waals surface area contributed by atoms with Gasteiger partial charge >= 0.3 is 12.1 Å². The van der Waals surface area contributed by atoms with Crippen molar-refractivity contribution >= 4 is 29.8 Å².